The molecule has 10 heteroatoms. The Morgan fingerprint density at radius 2 is 1.77 bits per heavy atom. The third-order valence-corrected chi connectivity index (χ3v) is 4.50. The van der Waals surface area contributed by atoms with Gasteiger partial charge in [-0.05, 0) is 29.8 Å². The summed E-state index contributed by atoms with van der Waals surface area (Å²) in [6.07, 6.45) is -3.81. The lowest BCUT2D eigenvalue weighted by atomic mass is 10.00. The molecule has 0 aliphatic rings. The van der Waals surface area contributed by atoms with E-state index in [1.165, 1.54) is 4.68 Å². The summed E-state index contributed by atoms with van der Waals surface area (Å²) >= 11 is 12.4. The zero-order valence-corrected chi connectivity index (χ0v) is 17.1. The first-order valence-electron chi connectivity index (χ1n) is 8.58. The molecule has 0 saturated heterocycles. The molecule has 0 bridgehead atoms. The highest BCUT2D eigenvalue weighted by Gasteiger charge is 2.27. The van der Waals surface area contributed by atoms with Gasteiger partial charge in [0.05, 0.1) is 5.02 Å². The van der Waals surface area contributed by atoms with Crippen molar-refractivity contribution >= 4 is 29.6 Å². The Labute approximate surface area is 180 Å². The molecular formula is C20H15Cl2F3N4O. The van der Waals surface area contributed by atoms with E-state index in [1.54, 1.807) is 31.3 Å². The van der Waals surface area contributed by atoms with Crippen molar-refractivity contribution in [1.29, 1.82) is 0 Å². The van der Waals surface area contributed by atoms with E-state index in [-0.39, 0.29) is 0 Å². The van der Waals surface area contributed by atoms with E-state index < -0.39 is 12.8 Å². The molecule has 2 aromatic carbocycles. The maximum absolute atomic E-state index is 12.1. The molecule has 0 unspecified atom stereocenters. The molecule has 0 saturated carbocycles. The monoisotopic (exact) mass is 454 g/mol. The van der Waals surface area contributed by atoms with E-state index in [4.69, 9.17) is 23.2 Å². The van der Waals surface area contributed by atoms with Crippen LogP contribution in [0.4, 0.5) is 13.2 Å². The third-order valence-electron chi connectivity index (χ3n) is 3.92. The van der Waals surface area contributed by atoms with Gasteiger partial charge < -0.3 is 4.74 Å². The van der Waals surface area contributed by atoms with Crippen LogP contribution in [0.1, 0.15) is 0 Å². The number of aryl methyl sites for hydroxylation is 1. The summed E-state index contributed by atoms with van der Waals surface area (Å²) < 4.78 is 42.1. The van der Waals surface area contributed by atoms with Gasteiger partial charge in [-0.15, -0.1) is 10.2 Å². The van der Waals surface area contributed by atoms with E-state index in [0.717, 1.165) is 5.56 Å². The van der Waals surface area contributed by atoms with Crippen molar-refractivity contribution in [2.24, 2.45) is 17.3 Å². The summed E-state index contributed by atoms with van der Waals surface area (Å²) in [7, 11) is 1.64. The topological polar surface area (TPSA) is 51.8 Å². The molecule has 1 aromatic heterocycles. The van der Waals surface area contributed by atoms with Crippen LogP contribution in [0.2, 0.25) is 10.0 Å². The fourth-order valence-corrected chi connectivity index (χ4v) is 2.94. The minimum atomic E-state index is -4.45. The van der Waals surface area contributed by atoms with Gasteiger partial charge in [0.25, 0.3) is 0 Å². The molecule has 0 fully saturated rings. The van der Waals surface area contributed by atoms with Crippen molar-refractivity contribution in [3.63, 3.8) is 0 Å². The minimum Gasteiger partial charge on any atom is -0.472 e. The number of benzene rings is 2. The number of hydrogen-bond acceptors (Lipinski definition) is 4. The Balaban J connectivity index is 2.08. The SMILES string of the molecule is Cn1nc(-c2ccccc2Cl)c(-c2ccc(Cl)cc2)c/c1=N/N=C/OCC(F)(F)F. The van der Waals surface area contributed by atoms with Gasteiger partial charge >= 0.3 is 6.18 Å². The molecule has 0 spiro atoms. The predicted octanol–water partition coefficient (Wildman–Crippen LogP) is 5.48. The summed E-state index contributed by atoms with van der Waals surface area (Å²) in [5.74, 6) is 0. The van der Waals surface area contributed by atoms with Crippen LogP contribution in [0.3, 0.4) is 0 Å². The van der Waals surface area contributed by atoms with Crippen LogP contribution in [0.5, 0.6) is 0 Å². The highest BCUT2D eigenvalue weighted by Crippen LogP contribution is 2.33. The van der Waals surface area contributed by atoms with Gasteiger partial charge in [0, 0.05) is 23.2 Å². The molecule has 0 aliphatic heterocycles. The molecule has 30 heavy (non-hydrogen) atoms. The number of rotatable bonds is 5. The number of ether oxygens (including phenoxy) is 1. The Hall–Kier alpha value is -2.84. The van der Waals surface area contributed by atoms with E-state index in [1.807, 2.05) is 30.3 Å². The molecule has 0 aliphatic carbocycles. The van der Waals surface area contributed by atoms with Crippen LogP contribution in [0, 0.1) is 0 Å². The molecular weight excluding hydrogens is 440 g/mol. The second-order valence-corrected chi connectivity index (χ2v) is 6.97. The smallest absolute Gasteiger partial charge is 0.422 e. The zero-order valence-electron chi connectivity index (χ0n) is 15.6. The Bertz CT molecular complexity index is 1130. The first-order valence-corrected chi connectivity index (χ1v) is 9.33. The molecule has 1 heterocycles. The molecule has 156 valence electrons. The summed E-state index contributed by atoms with van der Waals surface area (Å²) in [6, 6.07) is 16.1. The van der Waals surface area contributed by atoms with Gasteiger partial charge in [-0.25, -0.2) is 4.68 Å². The fraction of sp³-hybridized carbons (Fsp3) is 0.150. The molecule has 3 aromatic rings. The van der Waals surface area contributed by atoms with Crippen LogP contribution < -0.4 is 5.49 Å². The second kappa shape index (κ2) is 9.32. The standard InChI is InChI=1S/C20H15Cl2F3N4O/c1-29-18(27-26-12-30-11-20(23,24)25)10-16(13-6-8-14(21)9-7-13)19(28-29)15-4-2-3-5-17(15)22/h2-10,12H,11H2,1H3/b26-12+,27-18-. The van der Waals surface area contributed by atoms with Crippen molar-refractivity contribution in [1.82, 2.24) is 9.78 Å². The van der Waals surface area contributed by atoms with E-state index in [0.29, 0.717) is 38.8 Å². The Morgan fingerprint density at radius 1 is 1.07 bits per heavy atom. The molecule has 3 rings (SSSR count). The van der Waals surface area contributed by atoms with Gasteiger partial charge in [-0.3, -0.25) is 0 Å². The summed E-state index contributed by atoms with van der Waals surface area (Å²) in [6.45, 7) is -1.45. The Morgan fingerprint density at radius 3 is 2.43 bits per heavy atom. The second-order valence-electron chi connectivity index (χ2n) is 6.12. The largest absolute Gasteiger partial charge is 0.472 e. The molecule has 0 amide bonds. The highest BCUT2D eigenvalue weighted by atomic mass is 35.5. The number of alkyl halides is 3. The zero-order chi connectivity index (χ0) is 21.7. The fourth-order valence-electron chi connectivity index (χ4n) is 2.59. The summed E-state index contributed by atoms with van der Waals surface area (Å²) in [4.78, 5) is 0. The van der Waals surface area contributed by atoms with E-state index in [2.05, 4.69) is 20.0 Å². The van der Waals surface area contributed by atoms with Crippen molar-refractivity contribution in [2.75, 3.05) is 6.61 Å². The minimum absolute atomic E-state index is 0.294. The van der Waals surface area contributed by atoms with Gasteiger partial charge in [0.1, 0.15) is 5.69 Å². The average Bonchev–Trinajstić information content (AvgIpc) is 2.69. The molecule has 0 radical (unpaired) electrons. The molecule has 0 atom stereocenters. The average molecular weight is 455 g/mol. The highest BCUT2D eigenvalue weighted by molar-refractivity contribution is 6.33. The molecule has 0 N–H and O–H groups in total. The third kappa shape index (κ3) is 5.61. The quantitative estimate of drug-likeness (QED) is 0.291. The lowest BCUT2D eigenvalue weighted by molar-refractivity contribution is -0.155. The maximum Gasteiger partial charge on any atom is 0.422 e. The van der Waals surface area contributed by atoms with Crippen molar-refractivity contribution in [2.45, 2.75) is 6.18 Å². The first-order chi connectivity index (χ1) is 14.2. The number of hydrogen-bond donors (Lipinski definition) is 0. The summed E-state index contributed by atoms with van der Waals surface area (Å²) in [5.41, 5.74) is 3.10. The van der Waals surface area contributed by atoms with Crippen LogP contribution in [0.15, 0.2) is 64.8 Å². The number of aromatic nitrogens is 2. The summed E-state index contributed by atoms with van der Waals surface area (Å²) in [5, 5.41) is 13.1. The van der Waals surface area contributed by atoms with E-state index >= 15 is 0 Å². The van der Waals surface area contributed by atoms with Crippen LogP contribution in [-0.4, -0.2) is 29.0 Å². The van der Waals surface area contributed by atoms with Crippen LogP contribution in [-0.2, 0) is 11.8 Å². The van der Waals surface area contributed by atoms with Gasteiger partial charge in [0.15, 0.2) is 18.5 Å². The molecule has 5 nitrogen and oxygen atoms in total. The normalized spacial score (nSPS) is 12.5. The maximum atomic E-state index is 12.1. The van der Waals surface area contributed by atoms with Crippen molar-refractivity contribution in [3.8, 4) is 22.4 Å². The van der Waals surface area contributed by atoms with Crippen molar-refractivity contribution < 1.29 is 17.9 Å². The lowest BCUT2D eigenvalue weighted by Crippen LogP contribution is -2.21. The number of nitrogens with zero attached hydrogens (tertiary/aromatic N) is 4. The Kier molecular flexibility index (Phi) is 6.79. The van der Waals surface area contributed by atoms with Crippen molar-refractivity contribution in [3.05, 3.63) is 70.1 Å². The van der Waals surface area contributed by atoms with Gasteiger partial charge in [-0.1, -0.05) is 53.5 Å². The van der Waals surface area contributed by atoms with Crippen LogP contribution >= 0.6 is 23.2 Å². The number of halogens is 5. The van der Waals surface area contributed by atoms with E-state index in [9.17, 15) is 13.2 Å². The lowest BCUT2D eigenvalue weighted by Gasteiger charge is -2.12. The predicted molar refractivity (Wildman–Crippen MR) is 110 cm³/mol. The first kappa shape index (κ1) is 21.9. The van der Waals surface area contributed by atoms with Gasteiger partial charge in [0.2, 0.25) is 0 Å². The van der Waals surface area contributed by atoms with Crippen LogP contribution in [0.25, 0.3) is 22.4 Å². The van der Waals surface area contributed by atoms with Gasteiger partial charge in [-0.2, -0.15) is 18.3 Å².